The van der Waals surface area contributed by atoms with Gasteiger partial charge in [-0.2, -0.15) is 0 Å². The van der Waals surface area contributed by atoms with Gasteiger partial charge in [0.05, 0.1) is 18.8 Å². The predicted octanol–water partition coefficient (Wildman–Crippen LogP) is 0.789. The van der Waals surface area contributed by atoms with Crippen LogP contribution in [0.3, 0.4) is 0 Å². The summed E-state index contributed by atoms with van der Waals surface area (Å²) in [5, 5.41) is 3.27. The predicted molar refractivity (Wildman–Crippen MR) is 64.3 cm³/mol. The molecule has 0 unspecified atom stereocenters. The monoisotopic (exact) mass is 226 g/mol. The second-order valence-corrected chi connectivity index (χ2v) is 4.88. The molecule has 0 spiro atoms. The van der Waals surface area contributed by atoms with Crippen LogP contribution in [0.1, 0.15) is 20.3 Å². The lowest BCUT2D eigenvalue weighted by atomic mass is 10.0. The van der Waals surface area contributed by atoms with Gasteiger partial charge in [0.1, 0.15) is 0 Å². The van der Waals surface area contributed by atoms with Crippen LogP contribution in [0.2, 0.25) is 0 Å². The maximum atomic E-state index is 11.8. The molecular formula is C12H22N2O2. The van der Waals surface area contributed by atoms with Crippen LogP contribution in [-0.2, 0) is 9.53 Å². The van der Waals surface area contributed by atoms with Crippen molar-refractivity contribution >= 4 is 5.91 Å². The molecule has 1 rings (SSSR count). The van der Waals surface area contributed by atoms with Crippen molar-refractivity contribution in [3.63, 3.8) is 0 Å². The van der Waals surface area contributed by atoms with Gasteiger partial charge in [-0.05, 0) is 25.8 Å². The standard InChI is InChI=1S/C12H22N2O2/c1-12(2,11(15)14(3)4)13-8-10-6-5-7-16-9-10/h6,13H,5,7-9H2,1-4H3. The Bertz CT molecular complexity index is 283. The van der Waals surface area contributed by atoms with Gasteiger partial charge in [-0.15, -0.1) is 0 Å². The first-order chi connectivity index (χ1) is 7.43. The maximum absolute atomic E-state index is 11.8. The van der Waals surface area contributed by atoms with Gasteiger partial charge in [0.2, 0.25) is 5.91 Å². The molecule has 0 aromatic rings. The highest BCUT2D eigenvalue weighted by atomic mass is 16.5. The van der Waals surface area contributed by atoms with Crippen molar-refractivity contribution in [2.24, 2.45) is 0 Å². The zero-order valence-corrected chi connectivity index (χ0v) is 10.7. The summed E-state index contributed by atoms with van der Waals surface area (Å²) < 4.78 is 5.35. The molecule has 1 N–H and O–H groups in total. The van der Waals surface area contributed by atoms with Crippen molar-refractivity contribution in [1.82, 2.24) is 10.2 Å². The minimum absolute atomic E-state index is 0.0878. The maximum Gasteiger partial charge on any atom is 0.241 e. The zero-order chi connectivity index (χ0) is 12.2. The molecule has 0 aromatic carbocycles. The van der Waals surface area contributed by atoms with E-state index in [1.807, 2.05) is 13.8 Å². The average molecular weight is 226 g/mol. The number of hydrogen-bond acceptors (Lipinski definition) is 3. The Morgan fingerprint density at radius 3 is 2.75 bits per heavy atom. The van der Waals surface area contributed by atoms with Gasteiger partial charge in [0.15, 0.2) is 0 Å². The molecule has 16 heavy (non-hydrogen) atoms. The molecular weight excluding hydrogens is 204 g/mol. The Morgan fingerprint density at radius 2 is 2.25 bits per heavy atom. The zero-order valence-electron chi connectivity index (χ0n) is 10.7. The van der Waals surface area contributed by atoms with Gasteiger partial charge in [0.25, 0.3) is 0 Å². The minimum atomic E-state index is -0.526. The van der Waals surface area contributed by atoms with Crippen molar-refractivity contribution in [3.8, 4) is 0 Å². The summed E-state index contributed by atoms with van der Waals surface area (Å²) in [6, 6.07) is 0. The summed E-state index contributed by atoms with van der Waals surface area (Å²) in [5.74, 6) is 0.0878. The molecule has 1 amide bonds. The lowest BCUT2D eigenvalue weighted by Gasteiger charge is -2.29. The number of likely N-dealkylation sites (N-methyl/N-ethyl adjacent to an activating group) is 1. The van der Waals surface area contributed by atoms with Crippen LogP contribution in [0.25, 0.3) is 0 Å². The third kappa shape index (κ3) is 3.61. The van der Waals surface area contributed by atoms with E-state index >= 15 is 0 Å². The van der Waals surface area contributed by atoms with E-state index in [-0.39, 0.29) is 5.91 Å². The van der Waals surface area contributed by atoms with Crippen LogP contribution in [0.15, 0.2) is 11.6 Å². The fourth-order valence-electron chi connectivity index (χ4n) is 1.70. The SMILES string of the molecule is CN(C)C(=O)C(C)(C)NCC1=CCCOC1. The van der Waals surface area contributed by atoms with Gasteiger partial charge in [-0.3, -0.25) is 10.1 Å². The molecule has 0 saturated carbocycles. The number of amides is 1. The highest BCUT2D eigenvalue weighted by Gasteiger charge is 2.28. The Balaban J connectivity index is 2.46. The van der Waals surface area contributed by atoms with Gasteiger partial charge in [-0.1, -0.05) is 6.08 Å². The van der Waals surface area contributed by atoms with Crippen molar-refractivity contribution in [2.75, 3.05) is 33.9 Å². The Morgan fingerprint density at radius 1 is 1.56 bits per heavy atom. The minimum Gasteiger partial charge on any atom is -0.377 e. The van der Waals surface area contributed by atoms with E-state index in [4.69, 9.17) is 4.74 Å². The van der Waals surface area contributed by atoms with Crippen LogP contribution in [0, 0.1) is 0 Å². The molecule has 0 saturated heterocycles. The molecule has 0 aromatic heterocycles. The quantitative estimate of drug-likeness (QED) is 0.721. The number of nitrogens with one attached hydrogen (secondary N) is 1. The second kappa shape index (κ2) is 5.46. The molecule has 92 valence electrons. The van der Waals surface area contributed by atoms with E-state index in [1.165, 1.54) is 5.57 Å². The fraction of sp³-hybridized carbons (Fsp3) is 0.750. The molecule has 0 aliphatic carbocycles. The average Bonchev–Trinajstić information content (AvgIpc) is 2.27. The Hall–Kier alpha value is -0.870. The first-order valence-electron chi connectivity index (χ1n) is 5.66. The van der Waals surface area contributed by atoms with Crippen molar-refractivity contribution in [3.05, 3.63) is 11.6 Å². The summed E-state index contributed by atoms with van der Waals surface area (Å²) >= 11 is 0. The summed E-state index contributed by atoms with van der Waals surface area (Å²) in [5.41, 5.74) is 0.702. The van der Waals surface area contributed by atoms with E-state index in [1.54, 1.807) is 19.0 Å². The van der Waals surface area contributed by atoms with Gasteiger partial charge < -0.3 is 9.64 Å². The van der Waals surface area contributed by atoms with Gasteiger partial charge >= 0.3 is 0 Å². The third-order valence-electron chi connectivity index (χ3n) is 2.68. The molecule has 1 aliphatic rings. The Labute approximate surface area is 97.6 Å². The summed E-state index contributed by atoms with van der Waals surface area (Å²) in [4.78, 5) is 13.5. The first-order valence-corrected chi connectivity index (χ1v) is 5.66. The van der Waals surface area contributed by atoms with Crippen molar-refractivity contribution in [1.29, 1.82) is 0 Å². The van der Waals surface area contributed by atoms with E-state index < -0.39 is 5.54 Å². The van der Waals surface area contributed by atoms with Crippen LogP contribution in [-0.4, -0.2) is 50.2 Å². The summed E-state index contributed by atoms with van der Waals surface area (Å²) in [7, 11) is 3.55. The summed E-state index contributed by atoms with van der Waals surface area (Å²) in [6.45, 7) is 6.01. The third-order valence-corrected chi connectivity index (χ3v) is 2.68. The lowest BCUT2D eigenvalue weighted by Crippen LogP contribution is -2.52. The molecule has 0 fully saturated rings. The van der Waals surface area contributed by atoms with Crippen LogP contribution in [0.4, 0.5) is 0 Å². The van der Waals surface area contributed by atoms with Crippen molar-refractivity contribution in [2.45, 2.75) is 25.8 Å². The topological polar surface area (TPSA) is 41.6 Å². The highest BCUT2D eigenvalue weighted by Crippen LogP contribution is 2.09. The number of carbonyl (C=O) groups is 1. The van der Waals surface area contributed by atoms with Crippen molar-refractivity contribution < 1.29 is 9.53 Å². The summed E-state index contributed by atoms with van der Waals surface area (Å²) in [6.07, 6.45) is 3.16. The van der Waals surface area contributed by atoms with E-state index in [0.717, 1.165) is 13.0 Å². The first kappa shape index (κ1) is 13.2. The van der Waals surface area contributed by atoms with Gasteiger partial charge in [0, 0.05) is 20.6 Å². The highest BCUT2D eigenvalue weighted by molar-refractivity contribution is 5.85. The van der Waals surface area contributed by atoms with Gasteiger partial charge in [-0.25, -0.2) is 0 Å². The van der Waals surface area contributed by atoms with E-state index in [9.17, 15) is 4.79 Å². The second-order valence-electron chi connectivity index (χ2n) is 4.88. The normalized spacial score (nSPS) is 16.9. The molecule has 4 nitrogen and oxygen atoms in total. The number of hydrogen-bond donors (Lipinski definition) is 1. The number of carbonyl (C=O) groups excluding carboxylic acids is 1. The molecule has 0 atom stereocenters. The lowest BCUT2D eigenvalue weighted by molar-refractivity contribution is -0.134. The fourth-order valence-corrected chi connectivity index (χ4v) is 1.70. The van der Waals surface area contributed by atoms with Crippen LogP contribution >= 0.6 is 0 Å². The number of ether oxygens (including phenoxy) is 1. The molecule has 0 radical (unpaired) electrons. The molecule has 1 aliphatic heterocycles. The largest absolute Gasteiger partial charge is 0.377 e. The molecule has 4 heteroatoms. The molecule has 0 bridgehead atoms. The molecule has 1 heterocycles. The van der Waals surface area contributed by atoms with E-state index in [2.05, 4.69) is 11.4 Å². The Kier molecular flexibility index (Phi) is 4.50. The van der Waals surface area contributed by atoms with E-state index in [0.29, 0.717) is 13.2 Å². The number of rotatable bonds is 4. The smallest absolute Gasteiger partial charge is 0.241 e. The van der Waals surface area contributed by atoms with Crippen LogP contribution < -0.4 is 5.32 Å². The number of nitrogens with zero attached hydrogens (tertiary/aromatic N) is 1. The van der Waals surface area contributed by atoms with Crippen LogP contribution in [0.5, 0.6) is 0 Å².